The Bertz CT molecular complexity index is 817. The lowest BCUT2D eigenvalue weighted by molar-refractivity contribution is -0.128. The molecule has 1 atom stereocenters. The summed E-state index contributed by atoms with van der Waals surface area (Å²) in [6.45, 7) is 3.14. The van der Waals surface area contributed by atoms with Crippen LogP contribution in [0.1, 0.15) is 18.1 Å². The van der Waals surface area contributed by atoms with Crippen LogP contribution < -0.4 is 4.74 Å². The van der Waals surface area contributed by atoms with Crippen LogP contribution in [-0.2, 0) is 17.9 Å². The summed E-state index contributed by atoms with van der Waals surface area (Å²) in [5, 5.41) is 0. The predicted molar refractivity (Wildman–Crippen MR) is 92.1 cm³/mol. The van der Waals surface area contributed by atoms with Crippen molar-refractivity contribution in [3.8, 4) is 5.75 Å². The summed E-state index contributed by atoms with van der Waals surface area (Å²) in [5.41, 5.74) is 3.00. The van der Waals surface area contributed by atoms with E-state index in [-0.39, 0.29) is 11.9 Å². The van der Waals surface area contributed by atoms with Crippen LogP contribution in [0.15, 0.2) is 53.5 Å². The van der Waals surface area contributed by atoms with Crippen molar-refractivity contribution in [1.82, 2.24) is 9.80 Å². The Kier molecular flexibility index (Phi) is 3.49. The third-order valence-corrected chi connectivity index (χ3v) is 4.63. The van der Waals surface area contributed by atoms with Gasteiger partial charge in [0.1, 0.15) is 17.5 Å². The van der Waals surface area contributed by atoms with Gasteiger partial charge < -0.3 is 9.64 Å². The second-order valence-corrected chi connectivity index (χ2v) is 6.09. The Balaban J connectivity index is 1.76. The third-order valence-electron chi connectivity index (χ3n) is 4.63. The van der Waals surface area contributed by atoms with E-state index in [1.54, 1.807) is 12.0 Å². The van der Waals surface area contributed by atoms with Crippen LogP contribution in [0.3, 0.4) is 0 Å². The number of nitrogens with zero attached hydrogens (tertiary/aromatic N) is 3. The monoisotopic (exact) mass is 321 g/mol. The first kappa shape index (κ1) is 14.8. The zero-order valence-corrected chi connectivity index (χ0v) is 13.8. The summed E-state index contributed by atoms with van der Waals surface area (Å²) < 4.78 is 5.44. The minimum Gasteiger partial charge on any atom is -0.494 e. The highest BCUT2D eigenvalue weighted by Gasteiger charge is 2.42. The molecule has 0 aromatic heterocycles. The highest BCUT2D eigenvalue weighted by atomic mass is 16.5. The fourth-order valence-corrected chi connectivity index (χ4v) is 3.30. The van der Waals surface area contributed by atoms with E-state index in [2.05, 4.69) is 4.90 Å². The molecule has 2 heterocycles. The number of para-hydroxylation sites is 1. The van der Waals surface area contributed by atoms with Gasteiger partial charge in [-0.25, -0.2) is 4.99 Å². The van der Waals surface area contributed by atoms with E-state index in [4.69, 9.17) is 9.73 Å². The summed E-state index contributed by atoms with van der Waals surface area (Å²) in [6, 6.07) is 15.7. The number of rotatable bonds is 3. The number of fused-ring (bicyclic) bond motifs is 2. The Morgan fingerprint density at radius 2 is 1.96 bits per heavy atom. The zero-order valence-electron chi connectivity index (χ0n) is 13.8. The van der Waals surface area contributed by atoms with Gasteiger partial charge in [-0.3, -0.25) is 9.69 Å². The fourth-order valence-electron chi connectivity index (χ4n) is 3.30. The van der Waals surface area contributed by atoms with Crippen LogP contribution >= 0.6 is 0 Å². The molecule has 5 heteroatoms. The number of guanidine groups is 1. The number of carbonyl (C=O) groups is 1. The lowest BCUT2D eigenvalue weighted by Crippen LogP contribution is -2.36. The molecule has 0 bridgehead atoms. The lowest BCUT2D eigenvalue weighted by atomic mass is 10.1. The van der Waals surface area contributed by atoms with Crippen molar-refractivity contribution in [1.29, 1.82) is 0 Å². The first-order valence-electron chi connectivity index (χ1n) is 8.05. The van der Waals surface area contributed by atoms with E-state index in [1.807, 2.05) is 55.5 Å². The van der Waals surface area contributed by atoms with Crippen molar-refractivity contribution in [3.05, 3.63) is 59.7 Å². The number of carbonyl (C=O) groups excluding carboxylic acids is 1. The van der Waals surface area contributed by atoms with Gasteiger partial charge in [-0.05, 0) is 18.6 Å². The van der Waals surface area contributed by atoms with Gasteiger partial charge >= 0.3 is 0 Å². The molecule has 122 valence electrons. The Hall–Kier alpha value is -2.82. The summed E-state index contributed by atoms with van der Waals surface area (Å²) in [5.74, 6) is 1.55. The maximum atomic E-state index is 12.8. The minimum absolute atomic E-state index is 0.0874. The molecule has 0 spiro atoms. The number of amides is 1. The topological polar surface area (TPSA) is 45.1 Å². The largest absolute Gasteiger partial charge is 0.494 e. The number of hydrogen-bond acceptors (Lipinski definition) is 4. The van der Waals surface area contributed by atoms with Crippen molar-refractivity contribution in [2.45, 2.75) is 26.1 Å². The molecule has 5 nitrogen and oxygen atoms in total. The number of benzene rings is 2. The average Bonchev–Trinajstić information content (AvgIpc) is 2.85. The van der Waals surface area contributed by atoms with Gasteiger partial charge in [-0.1, -0.05) is 42.5 Å². The summed E-state index contributed by atoms with van der Waals surface area (Å²) in [7, 11) is 1.65. The molecule has 1 fully saturated rings. The van der Waals surface area contributed by atoms with Crippen molar-refractivity contribution >= 4 is 17.6 Å². The molecule has 4 rings (SSSR count). The molecular formula is C19H19N3O2. The van der Waals surface area contributed by atoms with Gasteiger partial charge in [0.2, 0.25) is 5.96 Å². The van der Waals surface area contributed by atoms with Gasteiger partial charge in [0.15, 0.2) is 0 Å². The van der Waals surface area contributed by atoms with Crippen molar-refractivity contribution < 1.29 is 9.53 Å². The maximum absolute atomic E-state index is 12.8. The zero-order chi connectivity index (χ0) is 16.7. The van der Waals surface area contributed by atoms with E-state index in [1.165, 1.54) is 0 Å². The first-order chi connectivity index (χ1) is 11.7. The standard InChI is InChI=1S/C19H19N3O2/c1-13-18(23)22(11-14-7-4-3-5-8-14)19-20-17-15(12-21(13)19)9-6-10-16(17)24-2/h3-10,13H,11-12H2,1-2H3. The summed E-state index contributed by atoms with van der Waals surface area (Å²) >= 11 is 0. The average molecular weight is 321 g/mol. The molecule has 2 aromatic carbocycles. The molecular weight excluding hydrogens is 302 g/mol. The number of aliphatic imine (C=N–C) groups is 1. The number of ether oxygens (including phenoxy) is 1. The molecule has 0 saturated carbocycles. The molecule has 0 N–H and O–H groups in total. The molecule has 0 aliphatic carbocycles. The Labute approximate surface area is 141 Å². The smallest absolute Gasteiger partial charge is 0.252 e. The van der Waals surface area contributed by atoms with Crippen LogP contribution in [0.25, 0.3) is 0 Å². The van der Waals surface area contributed by atoms with E-state index in [0.29, 0.717) is 19.0 Å². The highest BCUT2D eigenvalue weighted by molar-refractivity contribution is 6.07. The second-order valence-electron chi connectivity index (χ2n) is 6.09. The van der Waals surface area contributed by atoms with Gasteiger partial charge in [0.05, 0.1) is 13.7 Å². The Morgan fingerprint density at radius 1 is 1.17 bits per heavy atom. The van der Waals surface area contributed by atoms with E-state index in [9.17, 15) is 4.79 Å². The van der Waals surface area contributed by atoms with Crippen molar-refractivity contribution in [3.63, 3.8) is 0 Å². The normalized spacial score (nSPS) is 19.0. The van der Waals surface area contributed by atoms with E-state index in [0.717, 1.165) is 22.6 Å². The summed E-state index contributed by atoms with van der Waals surface area (Å²) in [6.07, 6.45) is 0. The molecule has 2 aliphatic heterocycles. The molecule has 1 unspecified atom stereocenters. The van der Waals surface area contributed by atoms with Gasteiger partial charge in [0.25, 0.3) is 5.91 Å². The molecule has 24 heavy (non-hydrogen) atoms. The Morgan fingerprint density at radius 3 is 2.71 bits per heavy atom. The first-order valence-corrected chi connectivity index (χ1v) is 8.05. The second kappa shape index (κ2) is 5.67. The maximum Gasteiger partial charge on any atom is 0.252 e. The number of methoxy groups -OCH3 is 1. The molecule has 0 radical (unpaired) electrons. The number of hydrogen-bond donors (Lipinski definition) is 0. The van der Waals surface area contributed by atoms with Gasteiger partial charge in [-0.2, -0.15) is 0 Å². The molecule has 1 amide bonds. The van der Waals surface area contributed by atoms with Crippen LogP contribution in [0.2, 0.25) is 0 Å². The summed E-state index contributed by atoms with van der Waals surface area (Å²) in [4.78, 5) is 21.4. The van der Waals surface area contributed by atoms with Gasteiger partial charge in [-0.15, -0.1) is 0 Å². The molecule has 1 saturated heterocycles. The van der Waals surface area contributed by atoms with Gasteiger partial charge in [0, 0.05) is 12.1 Å². The van der Waals surface area contributed by atoms with Crippen LogP contribution in [0, 0.1) is 0 Å². The predicted octanol–water partition coefficient (Wildman–Crippen LogP) is 2.93. The lowest BCUT2D eigenvalue weighted by Gasteiger charge is -2.28. The van der Waals surface area contributed by atoms with Crippen LogP contribution in [0.4, 0.5) is 5.69 Å². The minimum atomic E-state index is -0.202. The molecule has 2 aromatic rings. The van der Waals surface area contributed by atoms with Crippen LogP contribution in [-0.4, -0.2) is 34.8 Å². The van der Waals surface area contributed by atoms with Crippen molar-refractivity contribution in [2.75, 3.05) is 7.11 Å². The fraction of sp³-hybridized carbons (Fsp3) is 0.263. The van der Waals surface area contributed by atoms with Crippen molar-refractivity contribution in [2.24, 2.45) is 4.99 Å². The third kappa shape index (κ3) is 2.24. The molecule has 2 aliphatic rings. The van der Waals surface area contributed by atoms with E-state index < -0.39 is 0 Å². The van der Waals surface area contributed by atoms with E-state index >= 15 is 0 Å². The van der Waals surface area contributed by atoms with Crippen LogP contribution in [0.5, 0.6) is 5.75 Å². The SMILES string of the molecule is COc1cccc2c1N=C1N(Cc3ccccc3)C(=O)C(C)N1C2. The quantitative estimate of drug-likeness (QED) is 0.873. The highest BCUT2D eigenvalue weighted by Crippen LogP contribution is 2.38.